The third kappa shape index (κ3) is 4.01. The zero-order valence-electron chi connectivity index (χ0n) is 18.5. The molecule has 0 N–H and O–H groups in total. The molecule has 1 aromatic heterocycles. The molecule has 0 bridgehead atoms. The number of aromatic nitrogens is 1. The molecule has 0 saturated carbocycles. The molecule has 0 spiro atoms. The zero-order valence-corrected chi connectivity index (χ0v) is 18.5. The van der Waals surface area contributed by atoms with Crippen molar-refractivity contribution in [1.29, 1.82) is 0 Å². The number of carbonyl (C=O) groups excluding carboxylic acids is 2. The molecular weight excluding hydrogens is 402 g/mol. The summed E-state index contributed by atoms with van der Waals surface area (Å²) >= 11 is 0. The van der Waals surface area contributed by atoms with Gasteiger partial charge in [0.15, 0.2) is 5.58 Å². The van der Waals surface area contributed by atoms with Gasteiger partial charge in [-0.05, 0) is 61.9 Å². The van der Waals surface area contributed by atoms with Crippen molar-refractivity contribution in [3.63, 3.8) is 0 Å². The molecule has 2 aromatic carbocycles. The number of fused-ring (bicyclic) bond motifs is 1. The molecule has 166 valence electrons. The molecule has 6 heteroatoms. The van der Waals surface area contributed by atoms with Crippen molar-refractivity contribution in [3.05, 3.63) is 54.1 Å². The monoisotopic (exact) mass is 431 g/mol. The number of benzene rings is 2. The third-order valence-electron chi connectivity index (χ3n) is 7.00. The average Bonchev–Trinajstić information content (AvgIpc) is 3.53. The summed E-state index contributed by atoms with van der Waals surface area (Å²) in [6.07, 6.45) is 3.98. The van der Waals surface area contributed by atoms with Gasteiger partial charge in [-0.25, -0.2) is 4.98 Å². The summed E-state index contributed by atoms with van der Waals surface area (Å²) in [5, 5.41) is 0. The third-order valence-corrected chi connectivity index (χ3v) is 7.00. The minimum absolute atomic E-state index is 0.0214. The molecule has 3 heterocycles. The van der Waals surface area contributed by atoms with Crippen LogP contribution in [0.4, 0.5) is 0 Å². The summed E-state index contributed by atoms with van der Waals surface area (Å²) in [6, 6.07) is 15.2. The van der Waals surface area contributed by atoms with Crippen LogP contribution in [0.3, 0.4) is 0 Å². The summed E-state index contributed by atoms with van der Waals surface area (Å²) in [7, 11) is 0. The highest BCUT2D eigenvalue weighted by molar-refractivity contribution is 5.97. The first-order valence-corrected chi connectivity index (χ1v) is 11.6. The molecule has 3 aromatic rings. The Morgan fingerprint density at radius 1 is 0.969 bits per heavy atom. The SMILES string of the molecule is C[C@H](C(=O)N1CCCC1)C1CCN(C(=O)c2ccc3oc(-c4ccccc4)nc3c2)CC1. The van der Waals surface area contributed by atoms with Crippen LogP contribution in [0.15, 0.2) is 52.9 Å². The standard InChI is InChI=1S/C26H29N3O3/c1-18(25(30)28-13-5-6-14-28)19-11-15-29(16-12-19)26(31)21-9-10-23-22(17-21)27-24(32-23)20-7-3-2-4-8-20/h2-4,7-10,17-19H,5-6,11-16H2,1H3/t18-/m0/s1. The first kappa shape index (κ1) is 20.7. The molecule has 2 aliphatic rings. The maximum absolute atomic E-state index is 13.1. The predicted octanol–water partition coefficient (Wildman–Crippen LogP) is 4.61. The summed E-state index contributed by atoms with van der Waals surface area (Å²) < 4.78 is 5.87. The van der Waals surface area contributed by atoms with E-state index in [1.807, 2.05) is 58.3 Å². The molecule has 6 nitrogen and oxygen atoms in total. The van der Waals surface area contributed by atoms with Gasteiger partial charge in [0.05, 0.1) is 0 Å². The number of hydrogen-bond donors (Lipinski definition) is 0. The van der Waals surface area contributed by atoms with Crippen LogP contribution >= 0.6 is 0 Å². The Morgan fingerprint density at radius 2 is 1.69 bits per heavy atom. The lowest BCUT2D eigenvalue weighted by molar-refractivity contribution is -0.136. The van der Waals surface area contributed by atoms with E-state index in [4.69, 9.17) is 4.42 Å². The van der Waals surface area contributed by atoms with Gasteiger partial charge < -0.3 is 14.2 Å². The largest absolute Gasteiger partial charge is 0.436 e. The molecule has 5 rings (SSSR count). The van der Waals surface area contributed by atoms with E-state index < -0.39 is 0 Å². The van der Waals surface area contributed by atoms with E-state index in [2.05, 4.69) is 11.9 Å². The molecule has 0 aliphatic carbocycles. The molecule has 2 amide bonds. The van der Waals surface area contributed by atoms with Crippen molar-refractivity contribution in [1.82, 2.24) is 14.8 Å². The van der Waals surface area contributed by atoms with Crippen molar-refractivity contribution in [2.45, 2.75) is 32.6 Å². The van der Waals surface area contributed by atoms with Crippen LogP contribution in [0, 0.1) is 11.8 Å². The molecular formula is C26H29N3O3. The smallest absolute Gasteiger partial charge is 0.253 e. The van der Waals surface area contributed by atoms with Crippen molar-refractivity contribution >= 4 is 22.9 Å². The topological polar surface area (TPSA) is 66.7 Å². The molecule has 0 unspecified atom stereocenters. The van der Waals surface area contributed by atoms with E-state index in [1.54, 1.807) is 0 Å². The van der Waals surface area contributed by atoms with Crippen LogP contribution < -0.4 is 0 Å². The first-order chi connectivity index (χ1) is 15.6. The molecule has 32 heavy (non-hydrogen) atoms. The Hall–Kier alpha value is -3.15. The summed E-state index contributed by atoms with van der Waals surface area (Å²) in [5.41, 5.74) is 2.91. The van der Waals surface area contributed by atoms with E-state index >= 15 is 0 Å². The Labute approximate surface area is 188 Å². The van der Waals surface area contributed by atoms with Gasteiger partial charge in [-0.3, -0.25) is 9.59 Å². The number of carbonyl (C=O) groups is 2. The van der Waals surface area contributed by atoms with E-state index in [9.17, 15) is 9.59 Å². The lowest BCUT2D eigenvalue weighted by Crippen LogP contribution is -2.43. The first-order valence-electron chi connectivity index (χ1n) is 11.6. The fourth-order valence-corrected chi connectivity index (χ4v) is 4.98. The Balaban J connectivity index is 1.24. The van der Waals surface area contributed by atoms with Crippen molar-refractivity contribution in [2.24, 2.45) is 11.8 Å². The van der Waals surface area contributed by atoms with Gasteiger partial charge in [0.25, 0.3) is 5.91 Å². The Morgan fingerprint density at radius 3 is 2.41 bits per heavy atom. The van der Waals surface area contributed by atoms with Crippen LogP contribution in [-0.4, -0.2) is 52.8 Å². The van der Waals surface area contributed by atoms with Gasteiger partial charge in [0.1, 0.15) is 5.52 Å². The van der Waals surface area contributed by atoms with Crippen molar-refractivity contribution in [2.75, 3.05) is 26.2 Å². The van der Waals surface area contributed by atoms with Gasteiger partial charge in [-0.1, -0.05) is 25.1 Å². The minimum Gasteiger partial charge on any atom is -0.436 e. The Kier molecular flexibility index (Phi) is 5.68. The van der Waals surface area contributed by atoms with Crippen LogP contribution in [0.2, 0.25) is 0 Å². The van der Waals surface area contributed by atoms with Gasteiger partial charge in [0, 0.05) is 43.2 Å². The molecule has 2 saturated heterocycles. The maximum Gasteiger partial charge on any atom is 0.253 e. The number of hydrogen-bond acceptors (Lipinski definition) is 4. The van der Waals surface area contributed by atoms with Crippen molar-refractivity contribution in [3.8, 4) is 11.5 Å². The normalized spacial score (nSPS) is 18.3. The van der Waals surface area contributed by atoms with E-state index in [-0.39, 0.29) is 17.7 Å². The summed E-state index contributed by atoms with van der Waals surface area (Å²) in [4.78, 5) is 34.4. The number of nitrogens with zero attached hydrogens (tertiary/aromatic N) is 3. The predicted molar refractivity (Wildman–Crippen MR) is 123 cm³/mol. The van der Waals surface area contributed by atoms with Crippen LogP contribution in [0.1, 0.15) is 43.0 Å². The lowest BCUT2D eigenvalue weighted by atomic mass is 9.84. The maximum atomic E-state index is 13.1. The second-order valence-electron chi connectivity index (χ2n) is 9.02. The Bertz CT molecular complexity index is 1110. The number of amides is 2. The molecule has 0 radical (unpaired) electrons. The van der Waals surface area contributed by atoms with E-state index in [0.717, 1.165) is 44.3 Å². The number of rotatable bonds is 4. The molecule has 1 atom stereocenters. The molecule has 2 fully saturated rings. The van der Waals surface area contributed by atoms with Crippen LogP contribution in [0.5, 0.6) is 0 Å². The molecule has 2 aliphatic heterocycles. The van der Waals surface area contributed by atoms with Crippen LogP contribution in [-0.2, 0) is 4.79 Å². The van der Waals surface area contributed by atoms with Crippen molar-refractivity contribution < 1.29 is 14.0 Å². The number of likely N-dealkylation sites (tertiary alicyclic amines) is 2. The minimum atomic E-state index is 0.0214. The van der Waals surface area contributed by atoms with Gasteiger partial charge in [-0.2, -0.15) is 0 Å². The second-order valence-corrected chi connectivity index (χ2v) is 9.02. The van der Waals surface area contributed by atoms with Gasteiger partial charge in [-0.15, -0.1) is 0 Å². The van der Waals surface area contributed by atoms with Crippen LogP contribution in [0.25, 0.3) is 22.6 Å². The zero-order chi connectivity index (χ0) is 22.1. The second kappa shape index (κ2) is 8.77. The highest BCUT2D eigenvalue weighted by Crippen LogP contribution is 2.29. The average molecular weight is 432 g/mol. The van der Waals surface area contributed by atoms with E-state index in [1.165, 1.54) is 0 Å². The number of oxazole rings is 1. The quantitative estimate of drug-likeness (QED) is 0.605. The fraction of sp³-hybridized carbons (Fsp3) is 0.423. The summed E-state index contributed by atoms with van der Waals surface area (Å²) in [6.45, 7) is 5.24. The van der Waals surface area contributed by atoms with Gasteiger partial charge >= 0.3 is 0 Å². The lowest BCUT2D eigenvalue weighted by Gasteiger charge is -2.35. The highest BCUT2D eigenvalue weighted by atomic mass is 16.3. The van der Waals surface area contributed by atoms with E-state index in [0.29, 0.717) is 41.6 Å². The fourth-order valence-electron chi connectivity index (χ4n) is 4.98. The van der Waals surface area contributed by atoms with Gasteiger partial charge in [0.2, 0.25) is 11.8 Å². The number of piperidine rings is 1. The summed E-state index contributed by atoms with van der Waals surface area (Å²) in [5.74, 6) is 1.25. The highest BCUT2D eigenvalue weighted by Gasteiger charge is 2.33.